The van der Waals surface area contributed by atoms with Crippen molar-refractivity contribution < 1.29 is 24.3 Å². The molecule has 0 spiro atoms. The van der Waals surface area contributed by atoms with Gasteiger partial charge in [0.15, 0.2) is 5.82 Å². The molecule has 0 aliphatic heterocycles. The molecule has 0 radical (unpaired) electrons. The van der Waals surface area contributed by atoms with Crippen LogP contribution in [0.3, 0.4) is 0 Å². The van der Waals surface area contributed by atoms with E-state index in [4.69, 9.17) is 14.5 Å². The normalized spacial score (nSPS) is 13.7. The fourth-order valence-electron chi connectivity index (χ4n) is 4.65. The van der Waals surface area contributed by atoms with Gasteiger partial charge in [-0.1, -0.05) is 41.6 Å². The number of benzene rings is 3. The molecule has 4 aromatic rings. The summed E-state index contributed by atoms with van der Waals surface area (Å²) in [6.07, 6.45) is -1.24. The van der Waals surface area contributed by atoms with Crippen LogP contribution in [-0.2, 0) is 9.47 Å². The number of imidazole rings is 1. The van der Waals surface area contributed by atoms with E-state index in [1.165, 1.54) is 4.57 Å². The minimum Gasteiger partial charge on any atom is -0.444 e. The molecule has 1 aliphatic rings. The van der Waals surface area contributed by atoms with Crippen LogP contribution in [0.1, 0.15) is 52.7 Å². The molecule has 0 atom stereocenters. The number of anilines is 1. The highest BCUT2D eigenvalue weighted by atomic mass is 16.6. The molecule has 1 aromatic heterocycles. The molecule has 200 valence electrons. The van der Waals surface area contributed by atoms with E-state index in [0.717, 1.165) is 5.56 Å². The van der Waals surface area contributed by atoms with Crippen LogP contribution in [0, 0.1) is 0 Å². The van der Waals surface area contributed by atoms with Gasteiger partial charge in [0.05, 0.1) is 11.0 Å². The molecule has 1 amide bonds. The molecular formula is C30H30N4O5. The zero-order valence-electron chi connectivity index (χ0n) is 22.7. The fraction of sp³-hybridized carbons (Fsp3) is 0.267. The van der Waals surface area contributed by atoms with Crippen molar-refractivity contribution in [2.75, 3.05) is 5.32 Å². The molecule has 2 N–H and O–H groups in total. The van der Waals surface area contributed by atoms with Crippen molar-refractivity contribution in [3.8, 4) is 22.5 Å². The van der Waals surface area contributed by atoms with Gasteiger partial charge in [0, 0.05) is 27.9 Å². The summed E-state index contributed by atoms with van der Waals surface area (Å²) in [5.41, 5.74) is 3.80. The van der Waals surface area contributed by atoms with Gasteiger partial charge in [0.25, 0.3) is 0 Å². The second-order valence-electron chi connectivity index (χ2n) is 11.3. The Labute approximate surface area is 226 Å². The predicted molar refractivity (Wildman–Crippen MR) is 150 cm³/mol. The summed E-state index contributed by atoms with van der Waals surface area (Å²) >= 11 is 0. The van der Waals surface area contributed by atoms with E-state index in [1.807, 2.05) is 42.5 Å². The van der Waals surface area contributed by atoms with Gasteiger partial charge in [0.1, 0.15) is 16.9 Å². The Bertz CT molecular complexity index is 1650. The van der Waals surface area contributed by atoms with Gasteiger partial charge in [-0.3, -0.25) is 5.32 Å². The van der Waals surface area contributed by atoms with Crippen LogP contribution >= 0.6 is 0 Å². The molecule has 39 heavy (non-hydrogen) atoms. The lowest BCUT2D eigenvalue weighted by atomic mass is 9.97. The van der Waals surface area contributed by atoms with Crippen LogP contribution in [0.4, 0.5) is 15.3 Å². The second kappa shape index (κ2) is 9.27. The summed E-state index contributed by atoms with van der Waals surface area (Å²) in [7, 11) is 0. The Balaban J connectivity index is 1.79. The number of nitrogens with one attached hydrogen (secondary N) is 1. The van der Waals surface area contributed by atoms with E-state index in [9.17, 15) is 14.8 Å². The standard InChI is InChI=1S/C30H30N4O5/c1-29(2,3)38-27(35)31-17-15-20-24(18-11-7-8-12-19(18)25(20)33-37)21(16-17)26-32-22-13-9-10-14-23(22)34(26)28(36)39-30(4,5)6/h7-16,37H,1-6H3,(H,31,35)/b33-25+. The summed E-state index contributed by atoms with van der Waals surface area (Å²) in [6, 6.07) is 18.2. The molecular weight excluding hydrogens is 496 g/mol. The SMILES string of the molecule is CC(C)(C)OC(=O)Nc1cc2c(c(-c3nc4ccccc4n3C(=O)OC(C)(C)C)c1)-c1ccccc1/C2=N\O. The number of carbonyl (C=O) groups is 2. The maximum absolute atomic E-state index is 13.6. The number of para-hydroxylation sites is 2. The number of fused-ring (bicyclic) bond motifs is 4. The van der Waals surface area contributed by atoms with Crippen LogP contribution in [0.2, 0.25) is 0 Å². The van der Waals surface area contributed by atoms with Gasteiger partial charge < -0.3 is 14.7 Å². The Kier molecular flexibility index (Phi) is 6.17. The van der Waals surface area contributed by atoms with Crippen LogP contribution in [0.5, 0.6) is 0 Å². The Morgan fingerprint density at radius 1 is 0.846 bits per heavy atom. The first kappa shape index (κ1) is 26.0. The molecule has 0 saturated heterocycles. The number of oxime groups is 1. The monoisotopic (exact) mass is 526 g/mol. The van der Waals surface area contributed by atoms with Gasteiger partial charge in [-0.05, 0) is 71.4 Å². The zero-order valence-corrected chi connectivity index (χ0v) is 22.7. The van der Waals surface area contributed by atoms with Gasteiger partial charge >= 0.3 is 12.2 Å². The molecule has 0 bridgehead atoms. The molecule has 0 saturated carbocycles. The highest BCUT2D eigenvalue weighted by Gasteiger charge is 2.33. The Morgan fingerprint density at radius 2 is 1.46 bits per heavy atom. The van der Waals surface area contributed by atoms with Crippen LogP contribution in [0.25, 0.3) is 33.5 Å². The van der Waals surface area contributed by atoms with Crippen LogP contribution in [-0.4, -0.2) is 43.9 Å². The van der Waals surface area contributed by atoms with Gasteiger partial charge in [-0.15, -0.1) is 0 Å². The maximum atomic E-state index is 13.6. The zero-order chi connectivity index (χ0) is 28.1. The summed E-state index contributed by atoms with van der Waals surface area (Å²) < 4.78 is 12.7. The van der Waals surface area contributed by atoms with Crippen molar-refractivity contribution in [2.45, 2.75) is 52.7 Å². The molecule has 3 aromatic carbocycles. The molecule has 9 nitrogen and oxygen atoms in total. The maximum Gasteiger partial charge on any atom is 0.420 e. The highest BCUT2D eigenvalue weighted by Crippen LogP contribution is 2.45. The van der Waals surface area contributed by atoms with Crippen LogP contribution in [0.15, 0.2) is 65.8 Å². The van der Waals surface area contributed by atoms with E-state index >= 15 is 0 Å². The third-order valence-corrected chi connectivity index (χ3v) is 5.97. The molecule has 5 rings (SSSR count). The molecule has 0 unspecified atom stereocenters. The number of amides is 1. The lowest BCUT2D eigenvalue weighted by Crippen LogP contribution is -2.28. The quantitative estimate of drug-likeness (QED) is 0.188. The van der Waals surface area contributed by atoms with E-state index < -0.39 is 23.4 Å². The van der Waals surface area contributed by atoms with E-state index in [0.29, 0.717) is 50.5 Å². The number of aromatic nitrogens is 2. The average molecular weight is 527 g/mol. The van der Waals surface area contributed by atoms with E-state index in [2.05, 4.69) is 10.5 Å². The first-order chi connectivity index (χ1) is 18.4. The van der Waals surface area contributed by atoms with Crippen LogP contribution < -0.4 is 5.32 Å². The summed E-state index contributed by atoms with van der Waals surface area (Å²) in [4.78, 5) is 31.1. The van der Waals surface area contributed by atoms with Crippen molar-refractivity contribution in [1.29, 1.82) is 0 Å². The number of ether oxygens (including phenoxy) is 2. The number of rotatable bonds is 2. The van der Waals surface area contributed by atoms with Crippen molar-refractivity contribution >= 4 is 34.6 Å². The second-order valence-corrected chi connectivity index (χ2v) is 11.3. The van der Waals surface area contributed by atoms with Crippen molar-refractivity contribution in [3.05, 3.63) is 71.8 Å². The number of hydrogen-bond acceptors (Lipinski definition) is 7. The lowest BCUT2D eigenvalue weighted by Gasteiger charge is -2.22. The first-order valence-electron chi connectivity index (χ1n) is 12.6. The number of carbonyl (C=O) groups excluding carboxylic acids is 2. The summed E-state index contributed by atoms with van der Waals surface area (Å²) in [5, 5.41) is 16.4. The topological polar surface area (TPSA) is 115 Å². The van der Waals surface area contributed by atoms with Gasteiger partial charge in [0.2, 0.25) is 0 Å². The third-order valence-electron chi connectivity index (χ3n) is 5.97. The third kappa shape index (κ3) is 4.95. The molecule has 0 fully saturated rings. The minimum absolute atomic E-state index is 0.323. The number of hydrogen-bond donors (Lipinski definition) is 2. The first-order valence-corrected chi connectivity index (χ1v) is 12.6. The smallest absolute Gasteiger partial charge is 0.420 e. The summed E-state index contributed by atoms with van der Waals surface area (Å²) in [5.74, 6) is 0.323. The molecule has 1 aliphatic carbocycles. The van der Waals surface area contributed by atoms with Crippen molar-refractivity contribution in [3.63, 3.8) is 0 Å². The van der Waals surface area contributed by atoms with E-state index in [-0.39, 0.29) is 0 Å². The Morgan fingerprint density at radius 3 is 2.13 bits per heavy atom. The van der Waals surface area contributed by atoms with Gasteiger partial charge in [-0.25, -0.2) is 19.1 Å². The highest BCUT2D eigenvalue weighted by molar-refractivity contribution is 6.26. The van der Waals surface area contributed by atoms with Crippen molar-refractivity contribution in [2.24, 2.45) is 5.16 Å². The molecule has 1 heterocycles. The fourth-order valence-corrected chi connectivity index (χ4v) is 4.65. The van der Waals surface area contributed by atoms with E-state index in [1.54, 1.807) is 59.7 Å². The minimum atomic E-state index is -0.745. The summed E-state index contributed by atoms with van der Waals surface area (Å²) in [6.45, 7) is 10.7. The average Bonchev–Trinajstić information content (AvgIpc) is 3.37. The Hall–Kier alpha value is -4.66. The van der Waals surface area contributed by atoms with Crippen molar-refractivity contribution in [1.82, 2.24) is 9.55 Å². The van der Waals surface area contributed by atoms with Gasteiger partial charge in [-0.2, -0.15) is 0 Å². The lowest BCUT2D eigenvalue weighted by molar-refractivity contribution is 0.0545. The number of nitrogens with zero attached hydrogens (tertiary/aromatic N) is 3. The largest absolute Gasteiger partial charge is 0.444 e. The molecule has 9 heteroatoms. The predicted octanol–water partition coefficient (Wildman–Crippen LogP) is 7.04.